The molecule has 0 aliphatic rings. The minimum Gasteiger partial charge on any atom is -0.325 e. The van der Waals surface area contributed by atoms with Crippen LogP contribution in [0.1, 0.15) is 27.2 Å². The molecular formula is C17H25N5O4S2. The summed E-state index contributed by atoms with van der Waals surface area (Å²) in [4.78, 5) is 24.0. The molecular weight excluding hydrogens is 402 g/mol. The average Bonchev–Trinajstić information content (AvgIpc) is 3.01. The van der Waals surface area contributed by atoms with Gasteiger partial charge in [-0.15, -0.1) is 5.10 Å². The highest BCUT2D eigenvalue weighted by molar-refractivity contribution is 7.99. The van der Waals surface area contributed by atoms with E-state index >= 15 is 0 Å². The van der Waals surface area contributed by atoms with Crippen LogP contribution in [0.25, 0.3) is 0 Å². The van der Waals surface area contributed by atoms with Crippen LogP contribution in [0.5, 0.6) is 0 Å². The first-order chi connectivity index (χ1) is 13.3. The summed E-state index contributed by atoms with van der Waals surface area (Å²) in [6.45, 7) is 6.83. The molecule has 2 N–H and O–H groups in total. The standard InChI is InChI=1S/C17H25N5O4S2/c1-4-11-22-16(24)19-20-17(22)27-12-15(23)18-13-7-9-14(10-8-13)28(25,26)21(5-2)6-3/h7-10H,4-6,11-12H2,1-3H3,(H,18,23)(H,19,24). The van der Waals surface area contributed by atoms with Gasteiger partial charge < -0.3 is 5.32 Å². The van der Waals surface area contributed by atoms with Gasteiger partial charge in [-0.1, -0.05) is 32.5 Å². The number of nitrogens with zero attached hydrogens (tertiary/aromatic N) is 3. The Labute approximate surface area is 168 Å². The van der Waals surface area contributed by atoms with Gasteiger partial charge in [-0.2, -0.15) is 4.31 Å². The summed E-state index contributed by atoms with van der Waals surface area (Å²) in [6.07, 6.45) is 0.780. The second kappa shape index (κ2) is 9.89. The van der Waals surface area contributed by atoms with Gasteiger partial charge >= 0.3 is 5.69 Å². The molecule has 0 radical (unpaired) electrons. The van der Waals surface area contributed by atoms with Crippen molar-refractivity contribution in [3.8, 4) is 0 Å². The van der Waals surface area contributed by atoms with Crippen LogP contribution in [0, 0.1) is 0 Å². The number of benzene rings is 1. The van der Waals surface area contributed by atoms with Crippen LogP contribution >= 0.6 is 11.8 Å². The Hall–Kier alpha value is -2.11. The molecule has 0 bridgehead atoms. The SMILES string of the molecule is CCCn1c(SCC(=O)Nc2ccc(S(=O)(=O)N(CC)CC)cc2)n[nH]c1=O. The third-order valence-corrected chi connectivity index (χ3v) is 7.02. The molecule has 0 saturated heterocycles. The van der Waals surface area contributed by atoms with Crippen molar-refractivity contribution in [2.24, 2.45) is 0 Å². The summed E-state index contributed by atoms with van der Waals surface area (Å²) in [5.74, 6) is -0.198. The molecule has 2 rings (SSSR count). The number of aromatic amines is 1. The highest BCUT2D eigenvalue weighted by Gasteiger charge is 2.21. The average molecular weight is 428 g/mol. The maximum absolute atomic E-state index is 12.5. The molecule has 0 fully saturated rings. The van der Waals surface area contributed by atoms with Gasteiger partial charge in [-0.05, 0) is 30.7 Å². The molecule has 0 aliphatic carbocycles. The predicted molar refractivity (Wildman–Crippen MR) is 109 cm³/mol. The quantitative estimate of drug-likeness (QED) is 0.558. The van der Waals surface area contributed by atoms with E-state index in [1.807, 2.05) is 6.92 Å². The zero-order valence-electron chi connectivity index (χ0n) is 16.1. The number of thioether (sulfide) groups is 1. The van der Waals surface area contributed by atoms with Crippen LogP contribution in [0.2, 0.25) is 0 Å². The van der Waals surface area contributed by atoms with E-state index in [9.17, 15) is 18.0 Å². The van der Waals surface area contributed by atoms with E-state index in [0.717, 1.165) is 18.2 Å². The number of anilines is 1. The maximum atomic E-state index is 12.5. The molecule has 1 amide bonds. The summed E-state index contributed by atoms with van der Waals surface area (Å²) >= 11 is 1.16. The van der Waals surface area contributed by atoms with E-state index < -0.39 is 10.0 Å². The monoisotopic (exact) mass is 427 g/mol. The first-order valence-electron chi connectivity index (χ1n) is 9.01. The Bertz CT molecular complexity index is 947. The number of nitrogens with one attached hydrogen (secondary N) is 2. The van der Waals surface area contributed by atoms with Crippen molar-refractivity contribution in [1.82, 2.24) is 19.1 Å². The van der Waals surface area contributed by atoms with Gasteiger partial charge in [0.15, 0.2) is 5.16 Å². The lowest BCUT2D eigenvalue weighted by atomic mass is 10.3. The molecule has 9 nitrogen and oxygen atoms in total. The third-order valence-electron chi connectivity index (χ3n) is 3.98. The molecule has 1 aromatic carbocycles. The number of sulfonamides is 1. The number of carbonyl (C=O) groups is 1. The van der Waals surface area contributed by atoms with Gasteiger partial charge in [0.05, 0.1) is 10.6 Å². The third kappa shape index (κ3) is 5.24. The zero-order valence-corrected chi connectivity index (χ0v) is 17.8. The fraction of sp³-hybridized carbons (Fsp3) is 0.471. The lowest BCUT2D eigenvalue weighted by molar-refractivity contribution is -0.113. The van der Waals surface area contributed by atoms with Crippen LogP contribution < -0.4 is 11.0 Å². The number of H-pyrrole nitrogens is 1. The number of amides is 1. The maximum Gasteiger partial charge on any atom is 0.343 e. The van der Waals surface area contributed by atoms with Crippen molar-refractivity contribution in [2.45, 2.75) is 43.8 Å². The summed E-state index contributed by atoms with van der Waals surface area (Å²) < 4.78 is 27.8. The summed E-state index contributed by atoms with van der Waals surface area (Å²) in [6, 6.07) is 6.06. The molecule has 154 valence electrons. The lowest BCUT2D eigenvalue weighted by Crippen LogP contribution is -2.30. The Morgan fingerprint density at radius 3 is 2.43 bits per heavy atom. The molecule has 0 saturated carbocycles. The van der Waals surface area contributed by atoms with E-state index in [1.54, 1.807) is 26.0 Å². The Morgan fingerprint density at radius 2 is 1.86 bits per heavy atom. The van der Waals surface area contributed by atoms with E-state index in [4.69, 9.17) is 0 Å². The van der Waals surface area contributed by atoms with Gasteiger partial charge in [0.2, 0.25) is 15.9 Å². The minimum atomic E-state index is -3.53. The van der Waals surface area contributed by atoms with Gasteiger partial charge in [-0.25, -0.2) is 18.3 Å². The molecule has 0 spiro atoms. The van der Waals surface area contributed by atoms with Gasteiger partial charge in [0.25, 0.3) is 0 Å². The fourth-order valence-corrected chi connectivity index (χ4v) is 4.81. The number of hydrogen-bond acceptors (Lipinski definition) is 6. The fourth-order valence-electron chi connectivity index (χ4n) is 2.58. The molecule has 1 heterocycles. The van der Waals surface area contributed by atoms with E-state index in [-0.39, 0.29) is 22.2 Å². The van der Waals surface area contributed by atoms with Gasteiger partial charge in [-0.3, -0.25) is 9.36 Å². The Morgan fingerprint density at radius 1 is 1.21 bits per heavy atom. The Kier molecular flexibility index (Phi) is 7.84. The Balaban J connectivity index is 1.99. The van der Waals surface area contributed by atoms with E-state index in [0.29, 0.717) is 30.5 Å². The van der Waals surface area contributed by atoms with Gasteiger partial charge in [0, 0.05) is 25.3 Å². The van der Waals surface area contributed by atoms with Crippen molar-refractivity contribution >= 4 is 33.4 Å². The molecule has 0 atom stereocenters. The molecule has 28 heavy (non-hydrogen) atoms. The largest absolute Gasteiger partial charge is 0.343 e. The molecule has 0 aliphatic heterocycles. The van der Waals surface area contributed by atoms with Crippen molar-refractivity contribution in [3.05, 3.63) is 34.7 Å². The molecule has 0 unspecified atom stereocenters. The summed E-state index contributed by atoms with van der Waals surface area (Å²) in [7, 11) is -3.53. The molecule has 2 aromatic rings. The number of carbonyl (C=O) groups excluding carboxylic acids is 1. The summed E-state index contributed by atoms with van der Waals surface area (Å²) in [5, 5.41) is 9.47. The summed E-state index contributed by atoms with van der Waals surface area (Å²) in [5.41, 5.74) is 0.201. The van der Waals surface area contributed by atoms with Gasteiger partial charge in [0.1, 0.15) is 0 Å². The lowest BCUT2D eigenvalue weighted by Gasteiger charge is -2.18. The first-order valence-corrected chi connectivity index (χ1v) is 11.4. The highest BCUT2D eigenvalue weighted by atomic mass is 32.2. The molecule has 11 heteroatoms. The van der Waals surface area contributed by atoms with Crippen LogP contribution in [-0.4, -0.2) is 52.2 Å². The van der Waals surface area contributed by atoms with Crippen LogP contribution in [0.15, 0.2) is 39.1 Å². The molecule has 1 aromatic heterocycles. The second-order valence-electron chi connectivity index (χ2n) is 5.91. The zero-order chi connectivity index (χ0) is 20.7. The van der Waals surface area contributed by atoms with E-state index in [2.05, 4.69) is 15.5 Å². The second-order valence-corrected chi connectivity index (χ2v) is 8.79. The topological polar surface area (TPSA) is 117 Å². The van der Waals surface area contributed by atoms with E-state index in [1.165, 1.54) is 21.0 Å². The normalized spacial score (nSPS) is 11.7. The number of rotatable bonds is 10. The minimum absolute atomic E-state index is 0.0769. The van der Waals surface area contributed by atoms with Crippen LogP contribution in [0.4, 0.5) is 5.69 Å². The van der Waals surface area contributed by atoms with Crippen molar-refractivity contribution < 1.29 is 13.2 Å². The number of hydrogen-bond donors (Lipinski definition) is 2. The van der Waals surface area contributed by atoms with Crippen molar-refractivity contribution in [3.63, 3.8) is 0 Å². The van der Waals surface area contributed by atoms with Crippen LogP contribution in [0.3, 0.4) is 0 Å². The smallest absolute Gasteiger partial charge is 0.325 e. The van der Waals surface area contributed by atoms with Crippen molar-refractivity contribution in [1.29, 1.82) is 0 Å². The van der Waals surface area contributed by atoms with Crippen LogP contribution in [-0.2, 0) is 21.4 Å². The first kappa shape index (κ1) is 22.2. The van der Waals surface area contributed by atoms with Crippen molar-refractivity contribution in [2.75, 3.05) is 24.2 Å². The predicted octanol–water partition coefficient (Wildman–Crippen LogP) is 1.74. The number of aromatic nitrogens is 3. The highest BCUT2D eigenvalue weighted by Crippen LogP contribution is 2.19.